The standard InChI is InChI=1S/C21H18N3O7P/c25-19(26)13-1-7-16(8-2-13)22-32(31,23-17-9-3-14(4-10-17)20(27)28)24-18-11-5-15(6-12-18)21(29)30/h1-12H,(H,25,26)(H,27,28)(H,29,30)(H3,22,23,24,31). The molecule has 3 rings (SSSR count). The number of rotatable bonds is 9. The number of hydrogen-bond donors (Lipinski definition) is 6. The van der Waals surface area contributed by atoms with Crippen molar-refractivity contribution in [2.45, 2.75) is 0 Å². The Morgan fingerprint density at radius 1 is 0.500 bits per heavy atom. The second-order valence-electron chi connectivity index (χ2n) is 6.59. The number of carboxylic acids is 3. The van der Waals surface area contributed by atoms with E-state index in [9.17, 15) is 18.9 Å². The zero-order valence-corrected chi connectivity index (χ0v) is 17.2. The van der Waals surface area contributed by atoms with E-state index in [4.69, 9.17) is 15.3 Å². The van der Waals surface area contributed by atoms with Crippen molar-refractivity contribution < 1.29 is 34.3 Å². The number of aromatic carboxylic acids is 3. The molecule has 0 radical (unpaired) electrons. The fourth-order valence-electron chi connectivity index (χ4n) is 2.69. The molecule has 0 aliphatic heterocycles. The first-order valence-electron chi connectivity index (χ1n) is 9.10. The highest BCUT2D eigenvalue weighted by atomic mass is 31.2. The molecule has 3 aromatic carbocycles. The molecular formula is C21H18N3O7P. The number of anilines is 3. The summed E-state index contributed by atoms with van der Waals surface area (Å²) in [7, 11) is -3.69. The molecule has 0 bridgehead atoms. The van der Waals surface area contributed by atoms with Gasteiger partial charge in [0.2, 0.25) is 0 Å². The smallest absolute Gasteiger partial charge is 0.352 e. The van der Waals surface area contributed by atoms with E-state index in [1.54, 1.807) is 0 Å². The average Bonchev–Trinajstić information content (AvgIpc) is 2.74. The Labute approximate surface area is 182 Å². The van der Waals surface area contributed by atoms with Crippen LogP contribution in [0.15, 0.2) is 72.8 Å². The van der Waals surface area contributed by atoms with Crippen LogP contribution in [0.2, 0.25) is 0 Å². The van der Waals surface area contributed by atoms with Gasteiger partial charge in [0.15, 0.2) is 0 Å². The topological polar surface area (TPSA) is 165 Å². The van der Waals surface area contributed by atoms with Crippen molar-refractivity contribution in [1.29, 1.82) is 0 Å². The predicted molar refractivity (Wildman–Crippen MR) is 119 cm³/mol. The fraction of sp³-hybridized carbons (Fsp3) is 0. The molecule has 3 aromatic rings. The van der Waals surface area contributed by atoms with Crippen LogP contribution in [-0.4, -0.2) is 33.2 Å². The van der Waals surface area contributed by atoms with Crippen LogP contribution in [0.1, 0.15) is 31.1 Å². The van der Waals surface area contributed by atoms with Crippen LogP contribution in [0.5, 0.6) is 0 Å². The van der Waals surface area contributed by atoms with Crippen molar-refractivity contribution in [3.05, 3.63) is 89.5 Å². The summed E-state index contributed by atoms with van der Waals surface area (Å²) in [5.74, 6) is -3.31. The van der Waals surface area contributed by atoms with Crippen LogP contribution in [0.4, 0.5) is 17.1 Å². The first-order chi connectivity index (χ1) is 15.1. The van der Waals surface area contributed by atoms with E-state index >= 15 is 0 Å². The maximum Gasteiger partial charge on any atom is 0.352 e. The van der Waals surface area contributed by atoms with E-state index in [2.05, 4.69) is 15.3 Å². The SMILES string of the molecule is O=C(O)c1ccc(NP(=O)(Nc2ccc(C(=O)O)cc2)Nc2ccc(C(=O)O)cc2)cc1. The predicted octanol–water partition coefficient (Wildman–Crippen LogP) is 4.53. The molecule has 0 saturated carbocycles. The zero-order valence-electron chi connectivity index (χ0n) is 16.4. The lowest BCUT2D eigenvalue weighted by molar-refractivity contribution is 0.0686. The van der Waals surface area contributed by atoms with Gasteiger partial charge >= 0.3 is 25.5 Å². The lowest BCUT2D eigenvalue weighted by atomic mass is 10.2. The van der Waals surface area contributed by atoms with E-state index in [0.717, 1.165) is 0 Å². The number of carboxylic acid groups (broad SMARTS) is 3. The Bertz CT molecular complexity index is 1040. The van der Waals surface area contributed by atoms with Crippen LogP contribution in [0.3, 0.4) is 0 Å². The average molecular weight is 455 g/mol. The van der Waals surface area contributed by atoms with Gasteiger partial charge < -0.3 is 30.6 Å². The molecule has 0 aliphatic rings. The molecule has 0 amide bonds. The number of nitrogens with one attached hydrogen (secondary N) is 3. The van der Waals surface area contributed by atoms with Crippen LogP contribution in [-0.2, 0) is 4.57 Å². The molecule has 11 heteroatoms. The number of hydrogen-bond acceptors (Lipinski definition) is 4. The molecule has 0 atom stereocenters. The Morgan fingerprint density at radius 3 is 0.906 bits per heavy atom. The fourth-order valence-corrected chi connectivity index (χ4v) is 4.40. The van der Waals surface area contributed by atoms with Gasteiger partial charge in [0, 0.05) is 17.1 Å². The first-order valence-corrected chi connectivity index (χ1v) is 10.8. The Kier molecular flexibility index (Phi) is 6.46. The minimum absolute atomic E-state index is 0.0554. The third-order valence-corrected chi connectivity index (χ3v) is 5.97. The molecule has 10 nitrogen and oxygen atoms in total. The van der Waals surface area contributed by atoms with Gasteiger partial charge in [-0.15, -0.1) is 0 Å². The Hall–Kier alpha value is -4.30. The van der Waals surface area contributed by atoms with Crippen molar-refractivity contribution in [3.63, 3.8) is 0 Å². The lowest BCUT2D eigenvalue weighted by Gasteiger charge is -2.24. The van der Waals surface area contributed by atoms with Gasteiger partial charge in [-0.3, -0.25) is 4.57 Å². The van der Waals surface area contributed by atoms with E-state index in [1.165, 1.54) is 72.8 Å². The van der Waals surface area contributed by atoms with Gasteiger partial charge in [-0.05, 0) is 72.8 Å². The minimum Gasteiger partial charge on any atom is -0.478 e. The highest BCUT2D eigenvalue weighted by Crippen LogP contribution is 2.45. The lowest BCUT2D eigenvalue weighted by Crippen LogP contribution is -2.14. The van der Waals surface area contributed by atoms with E-state index in [-0.39, 0.29) is 16.7 Å². The van der Waals surface area contributed by atoms with Crippen LogP contribution in [0, 0.1) is 0 Å². The summed E-state index contributed by atoms with van der Waals surface area (Å²) in [5, 5.41) is 35.5. The normalized spacial score (nSPS) is 10.8. The summed E-state index contributed by atoms with van der Waals surface area (Å²) in [6, 6.07) is 16.7. The maximum atomic E-state index is 13.7. The van der Waals surface area contributed by atoms with Crippen molar-refractivity contribution in [3.8, 4) is 0 Å². The zero-order chi connectivity index (χ0) is 23.3. The molecule has 32 heavy (non-hydrogen) atoms. The molecule has 0 aliphatic carbocycles. The van der Waals surface area contributed by atoms with Crippen molar-refractivity contribution in [1.82, 2.24) is 0 Å². The molecule has 164 valence electrons. The quantitative estimate of drug-likeness (QED) is 0.253. The molecule has 0 aromatic heterocycles. The van der Waals surface area contributed by atoms with Crippen LogP contribution in [0.25, 0.3) is 0 Å². The van der Waals surface area contributed by atoms with E-state index in [0.29, 0.717) is 17.1 Å². The van der Waals surface area contributed by atoms with Crippen LogP contribution >= 0.6 is 7.59 Å². The highest BCUT2D eigenvalue weighted by Gasteiger charge is 2.23. The number of benzene rings is 3. The Balaban J connectivity index is 1.89. The summed E-state index contributed by atoms with van der Waals surface area (Å²) in [6.07, 6.45) is 0. The van der Waals surface area contributed by atoms with Gasteiger partial charge in [-0.1, -0.05) is 0 Å². The minimum atomic E-state index is -3.69. The second-order valence-corrected chi connectivity index (χ2v) is 8.48. The third kappa shape index (κ3) is 5.65. The van der Waals surface area contributed by atoms with Crippen molar-refractivity contribution in [2.24, 2.45) is 0 Å². The number of carbonyl (C=O) groups is 3. The van der Waals surface area contributed by atoms with Gasteiger partial charge in [-0.2, -0.15) is 0 Å². The summed E-state index contributed by atoms with van der Waals surface area (Å²) in [6.45, 7) is 0. The largest absolute Gasteiger partial charge is 0.478 e. The molecule has 0 spiro atoms. The van der Waals surface area contributed by atoms with E-state index < -0.39 is 25.5 Å². The molecule has 0 heterocycles. The van der Waals surface area contributed by atoms with Gasteiger partial charge in [0.05, 0.1) is 16.7 Å². The molecule has 0 unspecified atom stereocenters. The maximum absolute atomic E-state index is 13.7. The first kappa shape index (κ1) is 22.4. The van der Waals surface area contributed by atoms with Crippen LogP contribution < -0.4 is 15.3 Å². The van der Waals surface area contributed by atoms with Gasteiger partial charge in [0.25, 0.3) is 0 Å². The molecule has 0 fully saturated rings. The van der Waals surface area contributed by atoms with Gasteiger partial charge in [-0.25, -0.2) is 14.4 Å². The Morgan fingerprint density at radius 2 is 0.719 bits per heavy atom. The molecular weight excluding hydrogens is 437 g/mol. The third-order valence-electron chi connectivity index (χ3n) is 4.26. The monoisotopic (exact) mass is 455 g/mol. The van der Waals surface area contributed by atoms with Crippen molar-refractivity contribution >= 4 is 42.6 Å². The van der Waals surface area contributed by atoms with Crippen molar-refractivity contribution in [2.75, 3.05) is 15.3 Å². The summed E-state index contributed by atoms with van der Waals surface area (Å²) < 4.78 is 13.7. The highest BCUT2D eigenvalue weighted by molar-refractivity contribution is 7.68. The molecule has 0 saturated heterocycles. The summed E-state index contributed by atoms with van der Waals surface area (Å²) in [4.78, 5) is 33.1. The second kappa shape index (κ2) is 9.23. The van der Waals surface area contributed by atoms with E-state index in [1.807, 2.05) is 0 Å². The summed E-state index contributed by atoms with van der Waals surface area (Å²) >= 11 is 0. The summed E-state index contributed by atoms with van der Waals surface area (Å²) in [5.41, 5.74) is 1.22. The molecule has 6 N–H and O–H groups in total. The van der Waals surface area contributed by atoms with Gasteiger partial charge in [0.1, 0.15) is 0 Å².